The molecule has 0 saturated heterocycles. The van der Waals surface area contributed by atoms with Crippen LogP contribution in [0.25, 0.3) is 10.9 Å². The number of aromatic hydroxyl groups is 1. The second kappa shape index (κ2) is 12.8. The lowest BCUT2D eigenvalue weighted by Crippen LogP contribution is -2.20. The van der Waals surface area contributed by atoms with Crippen LogP contribution in [0.4, 0.5) is 0 Å². The summed E-state index contributed by atoms with van der Waals surface area (Å²) in [6.45, 7) is 6.67. The summed E-state index contributed by atoms with van der Waals surface area (Å²) < 4.78 is 8.07. The summed E-state index contributed by atoms with van der Waals surface area (Å²) in [6.07, 6.45) is 7.12. The number of carbonyl (C=O) groups excluding carboxylic acids is 1. The number of aliphatic hydroxyl groups is 2. The predicted octanol–water partition coefficient (Wildman–Crippen LogP) is 5.10. The minimum atomic E-state index is -0.819. The van der Waals surface area contributed by atoms with Gasteiger partial charge in [0.25, 0.3) is 0 Å². The normalized spacial score (nSPS) is 13.4. The third-order valence-electron chi connectivity index (χ3n) is 6.39. The topological polar surface area (TPSA) is 108 Å². The van der Waals surface area contributed by atoms with Gasteiger partial charge in [-0.3, -0.25) is 4.79 Å². The molecule has 3 rings (SSSR count). The van der Waals surface area contributed by atoms with Gasteiger partial charge in [0.15, 0.2) is 18.2 Å². The van der Waals surface area contributed by atoms with Crippen LogP contribution in [0.2, 0.25) is 0 Å². The summed E-state index contributed by atoms with van der Waals surface area (Å²) in [4.78, 5) is 15.6. The van der Waals surface area contributed by atoms with E-state index in [-0.39, 0.29) is 37.5 Å². The number of H-pyrrole nitrogens is 1. The molecule has 0 aliphatic rings. The summed E-state index contributed by atoms with van der Waals surface area (Å²) in [5.74, 6) is 0.986. The van der Waals surface area contributed by atoms with Crippen LogP contribution in [0.1, 0.15) is 70.6 Å². The van der Waals surface area contributed by atoms with Crippen LogP contribution in [0.15, 0.2) is 36.7 Å². The van der Waals surface area contributed by atoms with Gasteiger partial charge in [0.05, 0.1) is 17.7 Å². The summed E-state index contributed by atoms with van der Waals surface area (Å²) in [5.41, 5.74) is 3.15. The molecule has 0 radical (unpaired) electrons. The van der Waals surface area contributed by atoms with Gasteiger partial charge in [-0.2, -0.15) is 0 Å². The molecule has 0 aliphatic carbocycles. The minimum absolute atomic E-state index is 0.0438. The summed E-state index contributed by atoms with van der Waals surface area (Å²) in [6, 6.07) is 7.22. The SMILES string of the molecule is CCCC(O)CC(O)CC(=O)CCc1ccc(O)c(OCn2cc3[nH]ccc3c2CCC(C)C)c1. The first-order valence-corrected chi connectivity index (χ1v) is 12.7. The Morgan fingerprint density at radius 1 is 1.11 bits per heavy atom. The molecular formula is C28H40N2O5. The zero-order valence-corrected chi connectivity index (χ0v) is 21.2. The number of benzene rings is 1. The van der Waals surface area contributed by atoms with Crippen molar-refractivity contribution in [3.8, 4) is 11.5 Å². The van der Waals surface area contributed by atoms with Crippen molar-refractivity contribution in [2.45, 2.75) is 91.1 Å². The number of nitrogens with zero attached hydrogens (tertiary/aromatic N) is 1. The standard InChI is InChI=1S/C28H40N2O5/c1-4-5-21(31)15-23(33)16-22(32)9-7-20-8-11-27(34)28(14-20)35-18-30-17-25-24(12-13-29-25)26(30)10-6-19(2)3/h8,11-14,17,19,21,23,29,31,33-34H,4-7,9-10,15-16,18H2,1-3H3. The van der Waals surface area contributed by atoms with Crippen molar-refractivity contribution in [1.82, 2.24) is 9.55 Å². The van der Waals surface area contributed by atoms with E-state index in [4.69, 9.17) is 4.74 Å². The number of aliphatic hydroxyl groups excluding tert-OH is 2. The van der Waals surface area contributed by atoms with Crippen molar-refractivity contribution in [2.24, 2.45) is 5.92 Å². The summed E-state index contributed by atoms with van der Waals surface area (Å²) in [5, 5.41) is 31.4. The van der Waals surface area contributed by atoms with Crippen molar-refractivity contribution in [2.75, 3.05) is 0 Å². The van der Waals surface area contributed by atoms with Crippen LogP contribution < -0.4 is 4.74 Å². The molecule has 2 unspecified atom stereocenters. The highest BCUT2D eigenvalue weighted by molar-refractivity contribution is 5.82. The van der Waals surface area contributed by atoms with Gasteiger partial charge in [-0.15, -0.1) is 0 Å². The highest BCUT2D eigenvalue weighted by atomic mass is 16.5. The molecule has 3 aromatic rings. The Hall–Kier alpha value is -2.77. The number of ketones is 1. The number of Topliss-reactive ketones (excluding diaryl/α,β-unsaturated/α-hetero) is 1. The van der Waals surface area contributed by atoms with Crippen LogP contribution in [0.5, 0.6) is 11.5 Å². The predicted molar refractivity (Wildman–Crippen MR) is 138 cm³/mol. The molecule has 2 heterocycles. The van der Waals surface area contributed by atoms with Crippen molar-refractivity contribution in [3.05, 3.63) is 47.9 Å². The molecule has 0 aliphatic heterocycles. The second-order valence-corrected chi connectivity index (χ2v) is 9.93. The Morgan fingerprint density at radius 3 is 2.66 bits per heavy atom. The van der Waals surface area contributed by atoms with E-state index in [1.165, 1.54) is 11.1 Å². The van der Waals surface area contributed by atoms with E-state index in [9.17, 15) is 20.1 Å². The Labute approximate surface area is 207 Å². The maximum atomic E-state index is 12.3. The van der Waals surface area contributed by atoms with Gasteiger partial charge in [0.2, 0.25) is 0 Å². The molecule has 2 aromatic heterocycles. The number of aryl methyl sites for hydroxylation is 2. The van der Waals surface area contributed by atoms with E-state index in [2.05, 4.69) is 29.5 Å². The molecule has 1 aromatic carbocycles. The molecule has 0 bridgehead atoms. The third-order valence-corrected chi connectivity index (χ3v) is 6.39. The first-order chi connectivity index (χ1) is 16.8. The van der Waals surface area contributed by atoms with Gasteiger partial charge < -0.3 is 29.6 Å². The largest absolute Gasteiger partial charge is 0.504 e. The zero-order chi connectivity index (χ0) is 25.4. The Kier molecular flexibility index (Phi) is 9.81. The van der Waals surface area contributed by atoms with E-state index in [1.54, 1.807) is 18.2 Å². The molecule has 192 valence electrons. The number of hydrogen-bond donors (Lipinski definition) is 4. The van der Waals surface area contributed by atoms with Crippen molar-refractivity contribution in [1.29, 1.82) is 0 Å². The highest BCUT2D eigenvalue weighted by Crippen LogP contribution is 2.29. The highest BCUT2D eigenvalue weighted by Gasteiger charge is 2.16. The average Bonchev–Trinajstić information content (AvgIpc) is 3.37. The molecule has 4 N–H and O–H groups in total. The minimum Gasteiger partial charge on any atom is -0.504 e. The summed E-state index contributed by atoms with van der Waals surface area (Å²) in [7, 11) is 0. The molecule has 7 heteroatoms. The third kappa shape index (κ3) is 7.87. The fraction of sp³-hybridized carbons (Fsp3) is 0.536. The average molecular weight is 485 g/mol. The first-order valence-electron chi connectivity index (χ1n) is 12.7. The smallest absolute Gasteiger partial charge is 0.165 e. The molecule has 35 heavy (non-hydrogen) atoms. The number of aromatic nitrogens is 2. The van der Waals surface area contributed by atoms with Gasteiger partial charge >= 0.3 is 0 Å². The number of aromatic amines is 1. The molecule has 2 atom stereocenters. The number of hydrogen-bond acceptors (Lipinski definition) is 5. The lowest BCUT2D eigenvalue weighted by atomic mass is 10.00. The van der Waals surface area contributed by atoms with E-state index in [0.717, 1.165) is 30.3 Å². The number of carbonyl (C=O) groups is 1. The quantitative estimate of drug-likeness (QED) is 0.240. The zero-order valence-electron chi connectivity index (χ0n) is 21.2. The molecule has 0 saturated carbocycles. The van der Waals surface area contributed by atoms with Crippen LogP contribution >= 0.6 is 0 Å². The van der Waals surface area contributed by atoms with E-state index < -0.39 is 12.2 Å². The molecule has 0 spiro atoms. The van der Waals surface area contributed by atoms with Gasteiger partial charge in [0.1, 0.15) is 5.78 Å². The van der Waals surface area contributed by atoms with Crippen LogP contribution in [-0.2, 0) is 24.4 Å². The van der Waals surface area contributed by atoms with Gasteiger partial charge in [-0.1, -0.05) is 33.3 Å². The van der Waals surface area contributed by atoms with Crippen molar-refractivity contribution >= 4 is 16.7 Å². The monoisotopic (exact) mass is 484 g/mol. The number of ether oxygens (including phenoxy) is 1. The Bertz CT molecular complexity index is 1080. The maximum Gasteiger partial charge on any atom is 0.165 e. The lowest BCUT2D eigenvalue weighted by Gasteiger charge is -2.15. The van der Waals surface area contributed by atoms with Crippen molar-refractivity contribution in [3.63, 3.8) is 0 Å². The number of nitrogens with one attached hydrogen (secondary N) is 1. The van der Waals surface area contributed by atoms with E-state index >= 15 is 0 Å². The molecule has 0 fully saturated rings. The molecular weight excluding hydrogens is 444 g/mol. The number of phenols is 1. The second-order valence-electron chi connectivity index (χ2n) is 9.93. The number of rotatable bonds is 15. The van der Waals surface area contributed by atoms with Gasteiger partial charge in [-0.05, 0) is 61.8 Å². The van der Waals surface area contributed by atoms with Gasteiger partial charge in [-0.25, -0.2) is 0 Å². The number of fused-ring (bicyclic) bond motifs is 1. The van der Waals surface area contributed by atoms with Crippen LogP contribution in [0.3, 0.4) is 0 Å². The first kappa shape index (κ1) is 26.8. The molecule has 0 amide bonds. The molecule has 7 nitrogen and oxygen atoms in total. The van der Waals surface area contributed by atoms with E-state index in [1.807, 2.05) is 19.3 Å². The lowest BCUT2D eigenvalue weighted by molar-refractivity contribution is -0.121. The number of phenolic OH excluding ortho intramolecular Hbond substituents is 1. The van der Waals surface area contributed by atoms with Crippen LogP contribution in [-0.4, -0.2) is 42.9 Å². The Balaban J connectivity index is 1.58. The maximum absolute atomic E-state index is 12.3. The van der Waals surface area contributed by atoms with Gasteiger partial charge in [0, 0.05) is 36.3 Å². The van der Waals surface area contributed by atoms with Crippen LogP contribution in [0, 0.1) is 5.92 Å². The fourth-order valence-electron chi connectivity index (χ4n) is 4.41. The van der Waals surface area contributed by atoms with Crippen molar-refractivity contribution < 1.29 is 24.9 Å². The fourth-order valence-corrected chi connectivity index (χ4v) is 4.41. The summed E-state index contributed by atoms with van der Waals surface area (Å²) >= 11 is 0. The van der Waals surface area contributed by atoms with E-state index in [0.29, 0.717) is 24.5 Å². The Morgan fingerprint density at radius 2 is 1.91 bits per heavy atom.